The summed E-state index contributed by atoms with van der Waals surface area (Å²) < 4.78 is 5.05. The predicted molar refractivity (Wildman–Crippen MR) is 29.9 cm³/mol. The molecule has 1 heterocycles. The quantitative estimate of drug-likeness (QED) is 0.378. The highest BCUT2D eigenvalue weighted by atomic mass is 16.5. The number of rotatable bonds is 1. The van der Waals surface area contributed by atoms with Crippen LogP contribution in [0.2, 0.25) is 0 Å². The van der Waals surface area contributed by atoms with E-state index in [0.717, 1.165) is 6.54 Å². The number of hydrogen-bond acceptors (Lipinski definition) is 4. The second-order valence-electron chi connectivity index (χ2n) is 1.82. The molecule has 1 aliphatic heterocycles. The lowest BCUT2D eigenvalue weighted by Gasteiger charge is -2.03. The minimum Gasteiger partial charge on any atom is -0.344 e. The highest BCUT2D eigenvalue weighted by Crippen LogP contribution is 1.96. The van der Waals surface area contributed by atoms with Gasteiger partial charge in [-0.2, -0.15) is 0 Å². The van der Waals surface area contributed by atoms with Crippen molar-refractivity contribution in [3.63, 3.8) is 0 Å². The third-order valence-corrected chi connectivity index (χ3v) is 1.15. The Kier molecular flexibility index (Phi) is 1.80. The summed E-state index contributed by atoms with van der Waals surface area (Å²) in [5.74, 6) is 0. The van der Waals surface area contributed by atoms with Gasteiger partial charge >= 0.3 is 0 Å². The molecule has 0 aliphatic carbocycles. The van der Waals surface area contributed by atoms with Crippen molar-refractivity contribution in [1.82, 2.24) is 5.32 Å². The van der Waals surface area contributed by atoms with Crippen molar-refractivity contribution in [2.75, 3.05) is 13.1 Å². The summed E-state index contributed by atoms with van der Waals surface area (Å²) in [7, 11) is 0. The molecule has 0 amide bonds. The molecule has 0 spiro atoms. The largest absolute Gasteiger partial charge is 0.344 e. The van der Waals surface area contributed by atoms with Crippen LogP contribution in [0.4, 0.5) is 0 Å². The molecule has 0 bridgehead atoms. The van der Waals surface area contributed by atoms with Gasteiger partial charge in [0.05, 0.1) is 6.10 Å². The average molecular weight is 117 g/mol. The van der Waals surface area contributed by atoms with Crippen molar-refractivity contribution >= 4 is 0 Å². The zero-order chi connectivity index (χ0) is 5.98. The van der Waals surface area contributed by atoms with Crippen LogP contribution >= 0.6 is 0 Å². The Morgan fingerprint density at radius 3 is 2.75 bits per heavy atom. The van der Waals surface area contributed by atoms with E-state index >= 15 is 0 Å². The fraction of sp³-hybridized carbons (Fsp3) is 1.00. The van der Waals surface area contributed by atoms with E-state index in [-0.39, 0.29) is 12.5 Å². The standard InChI is InChI=1S/C4H11N3O/c5-1-3-2-7-4(6)8-3/h3-4,7H,1-2,5-6H2. The summed E-state index contributed by atoms with van der Waals surface area (Å²) in [5.41, 5.74) is 10.6. The van der Waals surface area contributed by atoms with Crippen LogP contribution in [-0.2, 0) is 4.74 Å². The summed E-state index contributed by atoms with van der Waals surface area (Å²) in [5, 5.41) is 2.90. The molecule has 0 radical (unpaired) electrons. The molecule has 8 heavy (non-hydrogen) atoms. The Morgan fingerprint density at radius 1 is 1.75 bits per heavy atom. The average Bonchev–Trinajstić information content (AvgIpc) is 2.14. The number of hydrogen-bond donors (Lipinski definition) is 3. The lowest BCUT2D eigenvalue weighted by molar-refractivity contribution is 0.0508. The normalized spacial score (nSPS) is 38.2. The Hall–Kier alpha value is -0.160. The van der Waals surface area contributed by atoms with Crippen LogP contribution in [0.3, 0.4) is 0 Å². The summed E-state index contributed by atoms with van der Waals surface area (Å²) in [6.45, 7) is 1.32. The first kappa shape index (κ1) is 5.97. The van der Waals surface area contributed by atoms with Crippen LogP contribution < -0.4 is 16.8 Å². The van der Waals surface area contributed by atoms with Crippen LogP contribution in [0.1, 0.15) is 0 Å². The summed E-state index contributed by atoms with van der Waals surface area (Å²) >= 11 is 0. The van der Waals surface area contributed by atoms with Crippen LogP contribution in [-0.4, -0.2) is 25.5 Å². The van der Waals surface area contributed by atoms with Gasteiger partial charge in [0.1, 0.15) is 0 Å². The molecule has 48 valence electrons. The molecule has 4 nitrogen and oxygen atoms in total. The lowest BCUT2D eigenvalue weighted by atomic mass is 10.4. The van der Waals surface area contributed by atoms with E-state index in [4.69, 9.17) is 16.2 Å². The fourth-order valence-corrected chi connectivity index (χ4v) is 0.690. The minimum atomic E-state index is -0.302. The molecule has 1 aliphatic rings. The van der Waals surface area contributed by atoms with E-state index in [1.165, 1.54) is 0 Å². The van der Waals surface area contributed by atoms with Gasteiger partial charge in [-0.05, 0) is 0 Å². The van der Waals surface area contributed by atoms with Crippen LogP contribution in [0.5, 0.6) is 0 Å². The topological polar surface area (TPSA) is 73.3 Å². The number of nitrogens with two attached hydrogens (primary N) is 2. The molecule has 5 N–H and O–H groups in total. The fourth-order valence-electron chi connectivity index (χ4n) is 0.690. The van der Waals surface area contributed by atoms with Crippen molar-refractivity contribution in [3.05, 3.63) is 0 Å². The van der Waals surface area contributed by atoms with E-state index < -0.39 is 0 Å². The molecule has 1 fully saturated rings. The van der Waals surface area contributed by atoms with E-state index in [2.05, 4.69) is 5.32 Å². The van der Waals surface area contributed by atoms with Crippen molar-refractivity contribution in [2.45, 2.75) is 12.5 Å². The predicted octanol–water partition coefficient (Wildman–Crippen LogP) is -1.82. The van der Waals surface area contributed by atoms with Gasteiger partial charge in [0, 0.05) is 13.1 Å². The van der Waals surface area contributed by atoms with Gasteiger partial charge in [0.2, 0.25) is 0 Å². The Labute approximate surface area is 48.2 Å². The van der Waals surface area contributed by atoms with Crippen molar-refractivity contribution in [1.29, 1.82) is 0 Å². The molecule has 0 aromatic carbocycles. The smallest absolute Gasteiger partial charge is 0.161 e. The zero-order valence-electron chi connectivity index (χ0n) is 4.63. The molecule has 0 aromatic rings. The Balaban J connectivity index is 2.22. The van der Waals surface area contributed by atoms with Gasteiger partial charge < -0.3 is 10.5 Å². The number of nitrogens with one attached hydrogen (secondary N) is 1. The molecule has 2 unspecified atom stereocenters. The van der Waals surface area contributed by atoms with Gasteiger partial charge in [-0.3, -0.25) is 11.1 Å². The number of ether oxygens (including phenoxy) is 1. The van der Waals surface area contributed by atoms with Crippen molar-refractivity contribution < 1.29 is 4.74 Å². The molecule has 0 aromatic heterocycles. The van der Waals surface area contributed by atoms with Crippen LogP contribution in [0.15, 0.2) is 0 Å². The lowest BCUT2D eigenvalue weighted by Crippen LogP contribution is -2.31. The third kappa shape index (κ3) is 1.16. The summed E-state index contributed by atoms with van der Waals surface area (Å²) in [6.07, 6.45) is -0.187. The maximum Gasteiger partial charge on any atom is 0.161 e. The van der Waals surface area contributed by atoms with Crippen molar-refractivity contribution in [3.8, 4) is 0 Å². The van der Waals surface area contributed by atoms with Gasteiger partial charge in [0.15, 0.2) is 6.35 Å². The van der Waals surface area contributed by atoms with E-state index in [1.54, 1.807) is 0 Å². The third-order valence-electron chi connectivity index (χ3n) is 1.15. The van der Waals surface area contributed by atoms with E-state index in [1.807, 2.05) is 0 Å². The summed E-state index contributed by atoms with van der Waals surface area (Å²) in [6, 6.07) is 0. The molecule has 1 rings (SSSR count). The van der Waals surface area contributed by atoms with E-state index in [0.29, 0.717) is 6.54 Å². The van der Waals surface area contributed by atoms with Crippen LogP contribution in [0.25, 0.3) is 0 Å². The molecule has 0 saturated carbocycles. The SMILES string of the molecule is NCC1CNC(N)O1. The maximum absolute atomic E-state index is 5.31. The van der Waals surface area contributed by atoms with Gasteiger partial charge in [-0.25, -0.2) is 0 Å². The highest BCUT2D eigenvalue weighted by molar-refractivity contribution is 4.69. The molecule has 1 saturated heterocycles. The first-order chi connectivity index (χ1) is 3.83. The minimum absolute atomic E-state index is 0.116. The molecule has 2 atom stereocenters. The second kappa shape index (κ2) is 2.41. The van der Waals surface area contributed by atoms with Gasteiger partial charge in [0.25, 0.3) is 0 Å². The molecular formula is C4H11N3O. The van der Waals surface area contributed by atoms with E-state index in [9.17, 15) is 0 Å². The first-order valence-corrected chi connectivity index (χ1v) is 2.67. The maximum atomic E-state index is 5.31. The highest BCUT2D eigenvalue weighted by Gasteiger charge is 2.18. The Bertz CT molecular complexity index is 77.7. The van der Waals surface area contributed by atoms with Gasteiger partial charge in [-0.1, -0.05) is 0 Å². The van der Waals surface area contributed by atoms with Crippen molar-refractivity contribution in [2.24, 2.45) is 11.5 Å². The molecule has 4 heteroatoms. The second-order valence-corrected chi connectivity index (χ2v) is 1.82. The molecular weight excluding hydrogens is 106 g/mol. The monoisotopic (exact) mass is 117 g/mol. The summed E-state index contributed by atoms with van der Waals surface area (Å²) in [4.78, 5) is 0. The first-order valence-electron chi connectivity index (χ1n) is 2.67. The van der Waals surface area contributed by atoms with Crippen LogP contribution in [0, 0.1) is 0 Å². The zero-order valence-corrected chi connectivity index (χ0v) is 4.63. The van der Waals surface area contributed by atoms with Gasteiger partial charge in [-0.15, -0.1) is 0 Å². The Morgan fingerprint density at radius 2 is 2.50 bits per heavy atom.